The molecule has 0 aliphatic carbocycles. The predicted molar refractivity (Wildman–Crippen MR) is 121 cm³/mol. The standard InChI is InChI=1S/C20H18N4.2C2H6/c1-13-5-3-7-16(21-13)18-11-9-15-10-12-19(24-20(15)23-18)17-8-4-6-14(2)22-17;2*1-2/h3,5,7-12H,4,6H2,1-2H3;2*1-2H3. The van der Waals surface area contributed by atoms with Crippen molar-refractivity contribution in [1.82, 2.24) is 15.0 Å². The molecule has 0 spiro atoms. The summed E-state index contributed by atoms with van der Waals surface area (Å²) in [5.74, 6) is 0. The molecule has 3 aromatic heterocycles. The molecular formula is C24H30N4. The number of hydrogen-bond acceptors (Lipinski definition) is 4. The minimum atomic E-state index is 0.729. The van der Waals surface area contributed by atoms with Crippen molar-refractivity contribution in [2.24, 2.45) is 4.99 Å². The van der Waals surface area contributed by atoms with E-state index in [1.54, 1.807) is 0 Å². The summed E-state index contributed by atoms with van der Waals surface area (Å²) in [6, 6.07) is 14.1. The van der Waals surface area contributed by atoms with Crippen molar-refractivity contribution in [2.75, 3.05) is 0 Å². The highest BCUT2D eigenvalue weighted by molar-refractivity contribution is 5.90. The zero-order valence-corrected chi connectivity index (χ0v) is 17.8. The van der Waals surface area contributed by atoms with Gasteiger partial charge in [-0.1, -0.05) is 39.8 Å². The minimum Gasteiger partial charge on any atom is -0.256 e. The Morgan fingerprint density at radius 2 is 1.36 bits per heavy atom. The fraction of sp³-hybridized carbons (Fsp3) is 0.333. The summed E-state index contributed by atoms with van der Waals surface area (Å²) in [7, 11) is 0. The second-order valence-electron chi connectivity index (χ2n) is 6.08. The molecule has 0 aromatic carbocycles. The Morgan fingerprint density at radius 3 is 2.04 bits per heavy atom. The number of aliphatic imine (C=N–C) groups is 1. The van der Waals surface area contributed by atoms with Crippen molar-refractivity contribution < 1.29 is 0 Å². The van der Waals surface area contributed by atoms with E-state index in [1.165, 1.54) is 0 Å². The van der Waals surface area contributed by atoms with Gasteiger partial charge in [0.1, 0.15) is 0 Å². The average molecular weight is 375 g/mol. The molecule has 4 heterocycles. The first-order chi connectivity index (χ1) is 13.7. The van der Waals surface area contributed by atoms with E-state index >= 15 is 0 Å². The van der Waals surface area contributed by atoms with Gasteiger partial charge in [0.05, 0.1) is 22.8 Å². The summed E-state index contributed by atoms with van der Waals surface area (Å²) in [5, 5.41) is 1.02. The van der Waals surface area contributed by atoms with E-state index in [2.05, 4.69) is 29.0 Å². The van der Waals surface area contributed by atoms with E-state index in [0.29, 0.717) is 0 Å². The maximum atomic E-state index is 4.73. The fourth-order valence-corrected chi connectivity index (χ4v) is 2.86. The van der Waals surface area contributed by atoms with Gasteiger partial charge < -0.3 is 0 Å². The van der Waals surface area contributed by atoms with Gasteiger partial charge >= 0.3 is 0 Å². The monoisotopic (exact) mass is 374 g/mol. The highest BCUT2D eigenvalue weighted by Gasteiger charge is 2.10. The summed E-state index contributed by atoms with van der Waals surface area (Å²) >= 11 is 0. The maximum Gasteiger partial charge on any atom is 0.160 e. The number of rotatable bonds is 2. The molecular weight excluding hydrogens is 344 g/mol. The molecule has 1 aliphatic rings. The molecule has 0 bridgehead atoms. The molecule has 0 atom stereocenters. The van der Waals surface area contributed by atoms with Crippen LogP contribution in [-0.2, 0) is 0 Å². The second-order valence-corrected chi connectivity index (χ2v) is 6.08. The van der Waals surface area contributed by atoms with Crippen LogP contribution in [0.25, 0.3) is 28.1 Å². The molecule has 146 valence electrons. The molecule has 0 saturated heterocycles. The molecule has 4 heteroatoms. The van der Waals surface area contributed by atoms with Crippen LogP contribution in [-0.4, -0.2) is 20.7 Å². The molecule has 0 N–H and O–H groups in total. The van der Waals surface area contributed by atoms with Crippen LogP contribution >= 0.6 is 0 Å². The van der Waals surface area contributed by atoms with Gasteiger partial charge in [0.25, 0.3) is 0 Å². The molecule has 0 amide bonds. The SMILES string of the molecule is CC.CC.CC1=NC(c2ccc3ccc(-c4cccc(C)n4)nc3n2)=CCC1. The van der Waals surface area contributed by atoms with Crippen molar-refractivity contribution in [1.29, 1.82) is 0 Å². The van der Waals surface area contributed by atoms with Gasteiger partial charge in [0, 0.05) is 16.8 Å². The Balaban J connectivity index is 0.000000660. The fourth-order valence-electron chi connectivity index (χ4n) is 2.86. The van der Waals surface area contributed by atoms with Gasteiger partial charge in [0.15, 0.2) is 5.65 Å². The minimum absolute atomic E-state index is 0.729. The van der Waals surface area contributed by atoms with Crippen LogP contribution in [0, 0.1) is 6.92 Å². The number of hydrogen-bond donors (Lipinski definition) is 0. The zero-order chi connectivity index (χ0) is 20.5. The third-order valence-electron chi connectivity index (χ3n) is 4.12. The Morgan fingerprint density at radius 1 is 0.714 bits per heavy atom. The lowest BCUT2D eigenvalue weighted by atomic mass is 10.1. The summed E-state index contributed by atoms with van der Waals surface area (Å²) in [6.07, 6.45) is 4.19. The van der Waals surface area contributed by atoms with Crippen LogP contribution in [0.4, 0.5) is 0 Å². The maximum absolute atomic E-state index is 4.73. The van der Waals surface area contributed by atoms with Crippen molar-refractivity contribution in [3.63, 3.8) is 0 Å². The topological polar surface area (TPSA) is 51.0 Å². The quantitative estimate of drug-likeness (QED) is 0.504. The van der Waals surface area contributed by atoms with Gasteiger partial charge in [0.2, 0.25) is 0 Å². The number of nitrogens with zero attached hydrogens (tertiary/aromatic N) is 4. The van der Waals surface area contributed by atoms with Gasteiger partial charge in [-0.2, -0.15) is 0 Å². The van der Waals surface area contributed by atoms with Gasteiger partial charge in [-0.05, 0) is 63.1 Å². The molecule has 0 unspecified atom stereocenters. The molecule has 4 nitrogen and oxygen atoms in total. The van der Waals surface area contributed by atoms with E-state index in [-0.39, 0.29) is 0 Å². The largest absolute Gasteiger partial charge is 0.256 e. The van der Waals surface area contributed by atoms with Crippen LogP contribution in [0.5, 0.6) is 0 Å². The van der Waals surface area contributed by atoms with Gasteiger partial charge in [-0.3, -0.25) is 9.98 Å². The normalized spacial score (nSPS) is 12.8. The van der Waals surface area contributed by atoms with Crippen LogP contribution < -0.4 is 0 Å². The summed E-state index contributed by atoms with van der Waals surface area (Å²) in [4.78, 5) is 18.6. The molecule has 0 saturated carbocycles. The average Bonchev–Trinajstić information content (AvgIpc) is 2.76. The summed E-state index contributed by atoms with van der Waals surface area (Å²) in [5.41, 5.74) is 6.40. The summed E-state index contributed by atoms with van der Waals surface area (Å²) in [6.45, 7) is 12.0. The lowest BCUT2D eigenvalue weighted by molar-refractivity contribution is 1.05. The van der Waals surface area contributed by atoms with Crippen molar-refractivity contribution in [2.45, 2.75) is 54.4 Å². The van der Waals surface area contributed by atoms with Gasteiger partial charge in [-0.25, -0.2) is 9.97 Å². The molecule has 1 aliphatic heterocycles. The third kappa shape index (κ3) is 5.10. The Kier molecular flexibility index (Phi) is 8.00. The second kappa shape index (κ2) is 10.5. The first-order valence-electron chi connectivity index (χ1n) is 10.2. The smallest absolute Gasteiger partial charge is 0.160 e. The Bertz CT molecular complexity index is 987. The molecule has 0 fully saturated rings. The molecule has 3 aromatic rings. The Hall–Kier alpha value is -2.88. The Labute approximate surface area is 168 Å². The number of fused-ring (bicyclic) bond motifs is 1. The molecule has 0 radical (unpaired) electrons. The highest BCUT2D eigenvalue weighted by atomic mass is 14.9. The van der Waals surface area contributed by atoms with Crippen molar-refractivity contribution >= 4 is 22.4 Å². The number of aryl methyl sites for hydroxylation is 1. The number of allylic oxidation sites excluding steroid dienone is 1. The van der Waals surface area contributed by atoms with Crippen molar-refractivity contribution in [3.8, 4) is 11.4 Å². The van der Waals surface area contributed by atoms with E-state index in [1.807, 2.05) is 71.0 Å². The third-order valence-corrected chi connectivity index (χ3v) is 4.12. The molecule has 4 rings (SSSR count). The lowest BCUT2D eigenvalue weighted by Gasteiger charge is -2.10. The first kappa shape index (κ1) is 21.4. The zero-order valence-electron chi connectivity index (χ0n) is 17.8. The van der Waals surface area contributed by atoms with Crippen molar-refractivity contribution in [3.05, 3.63) is 59.9 Å². The lowest BCUT2D eigenvalue weighted by Crippen LogP contribution is -2.00. The predicted octanol–water partition coefficient (Wildman–Crippen LogP) is 6.65. The van der Waals surface area contributed by atoms with E-state index in [4.69, 9.17) is 9.97 Å². The van der Waals surface area contributed by atoms with Crippen LogP contribution in [0.3, 0.4) is 0 Å². The van der Waals surface area contributed by atoms with E-state index in [9.17, 15) is 0 Å². The van der Waals surface area contributed by atoms with Gasteiger partial charge in [-0.15, -0.1) is 0 Å². The van der Waals surface area contributed by atoms with Crippen LogP contribution in [0.2, 0.25) is 0 Å². The first-order valence-corrected chi connectivity index (χ1v) is 10.2. The highest BCUT2D eigenvalue weighted by Crippen LogP contribution is 2.24. The van der Waals surface area contributed by atoms with Crippen LogP contribution in [0.1, 0.15) is 58.8 Å². The molecule has 28 heavy (non-hydrogen) atoms. The van der Waals surface area contributed by atoms with Crippen LogP contribution in [0.15, 0.2) is 53.5 Å². The van der Waals surface area contributed by atoms with E-state index < -0.39 is 0 Å². The van der Waals surface area contributed by atoms with E-state index in [0.717, 1.165) is 58.1 Å². The number of pyridine rings is 3. The number of aromatic nitrogens is 3. The summed E-state index contributed by atoms with van der Waals surface area (Å²) < 4.78 is 0.